The van der Waals surface area contributed by atoms with Gasteiger partial charge in [0.15, 0.2) is 0 Å². The summed E-state index contributed by atoms with van der Waals surface area (Å²) in [7, 11) is 3.50. The number of thiophene rings is 1. The molecule has 0 bridgehead atoms. The van der Waals surface area contributed by atoms with Crippen molar-refractivity contribution in [2.45, 2.75) is 45.1 Å². The van der Waals surface area contributed by atoms with Gasteiger partial charge in [0.2, 0.25) is 0 Å². The Morgan fingerprint density at radius 3 is 2.80 bits per heavy atom. The Labute approximate surface area is 125 Å². The van der Waals surface area contributed by atoms with E-state index >= 15 is 0 Å². The number of nitrogens with zero attached hydrogens (tertiary/aromatic N) is 1. The van der Waals surface area contributed by atoms with E-state index in [4.69, 9.17) is 5.73 Å². The zero-order valence-electron chi connectivity index (χ0n) is 12.6. The third-order valence-electron chi connectivity index (χ3n) is 3.97. The maximum atomic E-state index is 12.0. The molecule has 112 valence electrons. The molecule has 0 saturated heterocycles. The Balaban J connectivity index is 2.03. The average Bonchev–Trinajstić information content (AvgIpc) is 2.62. The molecule has 0 spiro atoms. The lowest BCUT2D eigenvalue weighted by atomic mass is 10.0. The van der Waals surface area contributed by atoms with Crippen molar-refractivity contribution in [2.75, 3.05) is 25.1 Å². The second-order valence-electron chi connectivity index (χ2n) is 6.05. The summed E-state index contributed by atoms with van der Waals surface area (Å²) in [5.74, 6) is 0.816. The largest absolute Gasteiger partial charge is 0.397 e. The normalized spacial score (nSPS) is 23.1. The summed E-state index contributed by atoms with van der Waals surface area (Å²) < 4.78 is 0. The Morgan fingerprint density at radius 2 is 2.10 bits per heavy atom. The van der Waals surface area contributed by atoms with Gasteiger partial charge in [-0.2, -0.15) is 0 Å². The van der Waals surface area contributed by atoms with Crippen molar-refractivity contribution in [1.29, 1.82) is 0 Å². The van der Waals surface area contributed by atoms with E-state index in [1.807, 2.05) is 6.07 Å². The molecule has 0 radical (unpaired) electrons. The number of nitrogens with one attached hydrogen (secondary N) is 1. The van der Waals surface area contributed by atoms with Crippen LogP contribution < -0.4 is 11.1 Å². The van der Waals surface area contributed by atoms with Crippen LogP contribution in [0.3, 0.4) is 0 Å². The van der Waals surface area contributed by atoms with E-state index in [0.29, 0.717) is 16.6 Å². The number of amides is 1. The van der Waals surface area contributed by atoms with Crippen molar-refractivity contribution >= 4 is 27.9 Å². The van der Waals surface area contributed by atoms with E-state index in [1.165, 1.54) is 43.4 Å². The molecule has 2 atom stereocenters. The lowest BCUT2D eigenvalue weighted by Gasteiger charge is -2.16. The first-order valence-corrected chi connectivity index (χ1v) is 8.16. The van der Waals surface area contributed by atoms with Crippen molar-refractivity contribution in [2.24, 2.45) is 5.92 Å². The first-order valence-electron chi connectivity index (χ1n) is 7.35. The number of carbonyl (C=O) groups excluding carboxylic acids is 1. The van der Waals surface area contributed by atoms with Crippen molar-refractivity contribution in [1.82, 2.24) is 4.90 Å². The van der Waals surface area contributed by atoms with Crippen LogP contribution in [0.25, 0.3) is 0 Å². The van der Waals surface area contributed by atoms with Gasteiger partial charge in [0.05, 0.1) is 10.7 Å². The van der Waals surface area contributed by atoms with Gasteiger partial charge >= 0.3 is 0 Å². The first kappa shape index (κ1) is 15.2. The van der Waals surface area contributed by atoms with Gasteiger partial charge < -0.3 is 16.0 Å². The molecule has 0 aliphatic heterocycles. The van der Waals surface area contributed by atoms with Crippen LogP contribution in [0.2, 0.25) is 0 Å². The molecule has 20 heavy (non-hydrogen) atoms. The van der Waals surface area contributed by atoms with Crippen LogP contribution in [0.5, 0.6) is 0 Å². The highest BCUT2D eigenvalue weighted by Gasteiger charge is 2.19. The highest BCUT2D eigenvalue weighted by atomic mass is 32.1. The van der Waals surface area contributed by atoms with E-state index in [1.54, 1.807) is 19.0 Å². The van der Waals surface area contributed by atoms with Crippen LogP contribution >= 0.6 is 11.3 Å². The monoisotopic (exact) mass is 295 g/mol. The van der Waals surface area contributed by atoms with Crippen LogP contribution in [-0.2, 0) is 0 Å². The summed E-state index contributed by atoms with van der Waals surface area (Å²) in [6.45, 7) is 2.33. The number of rotatable bonds is 3. The molecule has 1 aliphatic carbocycles. The standard InChI is InChI=1S/C15H25N3OS/c1-10-5-4-6-11(8-7-10)17-13-9-12(16)14(20-13)15(19)18(2)3/h9-11,17H,4-8,16H2,1-3H3. The number of hydrogen-bond donors (Lipinski definition) is 2. The maximum Gasteiger partial charge on any atom is 0.265 e. The number of hydrogen-bond acceptors (Lipinski definition) is 4. The number of carbonyl (C=O) groups is 1. The van der Waals surface area contributed by atoms with E-state index in [9.17, 15) is 4.79 Å². The van der Waals surface area contributed by atoms with E-state index < -0.39 is 0 Å². The van der Waals surface area contributed by atoms with Gasteiger partial charge in [-0.05, 0) is 31.2 Å². The van der Waals surface area contributed by atoms with Gasteiger partial charge in [-0.15, -0.1) is 11.3 Å². The van der Waals surface area contributed by atoms with Gasteiger partial charge in [0.1, 0.15) is 4.88 Å². The van der Waals surface area contributed by atoms with Gasteiger partial charge in [-0.25, -0.2) is 0 Å². The molecule has 4 nitrogen and oxygen atoms in total. The van der Waals surface area contributed by atoms with Gasteiger partial charge in [-0.3, -0.25) is 4.79 Å². The van der Waals surface area contributed by atoms with E-state index in [0.717, 1.165) is 10.9 Å². The van der Waals surface area contributed by atoms with Crippen LogP contribution in [0.15, 0.2) is 6.07 Å². The third-order valence-corrected chi connectivity index (χ3v) is 5.04. The van der Waals surface area contributed by atoms with Crippen molar-refractivity contribution in [3.63, 3.8) is 0 Å². The minimum absolute atomic E-state index is 0.0185. The second-order valence-corrected chi connectivity index (χ2v) is 7.10. The molecule has 1 aromatic heterocycles. The highest BCUT2D eigenvalue weighted by molar-refractivity contribution is 7.18. The molecule has 2 rings (SSSR count). The predicted molar refractivity (Wildman–Crippen MR) is 86.4 cm³/mol. The van der Waals surface area contributed by atoms with Crippen molar-refractivity contribution in [3.8, 4) is 0 Å². The van der Waals surface area contributed by atoms with E-state index in [-0.39, 0.29) is 5.91 Å². The third kappa shape index (κ3) is 3.66. The topological polar surface area (TPSA) is 58.4 Å². The molecule has 1 amide bonds. The predicted octanol–water partition coefficient (Wildman–Crippen LogP) is 3.41. The summed E-state index contributed by atoms with van der Waals surface area (Å²) in [5.41, 5.74) is 6.54. The maximum absolute atomic E-state index is 12.0. The summed E-state index contributed by atoms with van der Waals surface area (Å²) in [5, 5.41) is 4.58. The van der Waals surface area contributed by atoms with Gasteiger partial charge in [-0.1, -0.05) is 19.8 Å². The summed E-state index contributed by atoms with van der Waals surface area (Å²) in [4.78, 5) is 14.2. The van der Waals surface area contributed by atoms with Gasteiger partial charge in [0, 0.05) is 20.1 Å². The highest BCUT2D eigenvalue weighted by Crippen LogP contribution is 2.32. The van der Waals surface area contributed by atoms with Gasteiger partial charge in [0.25, 0.3) is 5.91 Å². The summed E-state index contributed by atoms with van der Waals surface area (Å²) >= 11 is 1.47. The van der Waals surface area contributed by atoms with Crippen LogP contribution in [-0.4, -0.2) is 30.9 Å². The van der Waals surface area contributed by atoms with Crippen molar-refractivity contribution < 1.29 is 4.79 Å². The Kier molecular flexibility index (Phi) is 4.91. The molecule has 1 heterocycles. The molecule has 2 unspecified atom stereocenters. The molecule has 5 heteroatoms. The molecule has 1 saturated carbocycles. The average molecular weight is 295 g/mol. The lowest BCUT2D eigenvalue weighted by molar-refractivity contribution is 0.0833. The molecule has 1 fully saturated rings. The Hall–Kier alpha value is -1.23. The zero-order valence-corrected chi connectivity index (χ0v) is 13.4. The van der Waals surface area contributed by atoms with Crippen LogP contribution in [0.1, 0.15) is 48.7 Å². The minimum atomic E-state index is -0.0185. The quantitative estimate of drug-likeness (QED) is 0.840. The lowest BCUT2D eigenvalue weighted by Crippen LogP contribution is -2.21. The SMILES string of the molecule is CC1CCCC(Nc2cc(N)c(C(=O)N(C)C)s2)CC1. The number of nitrogens with two attached hydrogens (primary N) is 1. The molecule has 0 aromatic carbocycles. The second kappa shape index (κ2) is 6.48. The van der Waals surface area contributed by atoms with E-state index in [2.05, 4.69) is 12.2 Å². The zero-order chi connectivity index (χ0) is 14.7. The summed E-state index contributed by atoms with van der Waals surface area (Å²) in [6.07, 6.45) is 6.30. The molecule has 3 N–H and O–H groups in total. The fourth-order valence-corrected chi connectivity index (χ4v) is 3.76. The molecule has 1 aromatic rings. The molecule has 1 aliphatic rings. The minimum Gasteiger partial charge on any atom is -0.397 e. The first-order chi connectivity index (χ1) is 9.47. The summed E-state index contributed by atoms with van der Waals surface area (Å²) in [6, 6.07) is 2.41. The van der Waals surface area contributed by atoms with Crippen molar-refractivity contribution in [3.05, 3.63) is 10.9 Å². The number of nitrogen functional groups attached to an aromatic ring is 1. The smallest absolute Gasteiger partial charge is 0.265 e. The molecular formula is C15H25N3OS. The molecular weight excluding hydrogens is 270 g/mol. The fraction of sp³-hybridized carbons (Fsp3) is 0.667. The fourth-order valence-electron chi connectivity index (χ4n) is 2.68. The number of anilines is 2. The Bertz CT molecular complexity index is 470. The Morgan fingerprint density at radius 1 is 1.35 bits per heavy atom. The van der Waals surface area contributed by atoms with Crippen LogP contribution in [0.4, 0.5) is 10.7 Å². The van der Waals surface area contributed by atoms with Crippen LogP contribution in [0, 0.1) is 5.92 Å².